The second kappa shape index (κ2) is 7.89. The van der Waals surface area contributed by atoms with Crippen molar-refractivity contribution in [3.63, 3.8) is 0 Å². The van der Waals surface area contributed by atoms with Crippen LogP contribution in [0.15, 0.2) is 24.3 Å². The fraction of sp³-hybridized carbons (Fsp3) is 0.619. The molecule has 6 heteroatoms. The number of rotatable bonds is 3. The maximum Gasteiger partial charge on any atom is 0.338 e. The molecule has 2 saturated heterocycles. The zero-order valence-corrected chi connectivity index (χ0v) is 16.0. The number of nitrogens with zero attached hydrogens (tertiary/aromatic N) is 2. The molecule has 0 spiro atoms. The van der Waals surface area contributed by atoms with Gasteiger partial charge in [-0.25, -0.2) is 9.59 Å². The number of ether oxygens (including phenoxy) is 1. The van der Waals surface area contributed by atoms with Crippen LogP contribution in [0.25, 0.3) is 0 Å². The van der Waals surface area contributed by atoms with E-state index in [1.54, 1.807) is 24.3 Å². The number of nitrogens with one attached hydrogen (secondary N) is 1. The normalized spacial score (nSPS) is 26.0. The van der Waals surface area contributed by atoms with Crippen molar-refractivity contribution in [3.05, 3.63) is 29.8 Å². The zero-order valence-electron chi connectivity index (χ0n) is 16.0. The van der Waals surface area contributed by atoms with Crippen molar-refractivity contribution in [2.45, 2.75) is 63.1 Å². The van der Waals surface area contributed by atoms with E-state index in [2.05, 4.69) is 17.3 Å². The number of benzene rings is 1. The molecule has 146 valence electrons. The van der Waals surface area contributed by atoms with Gasteiger partial charge in [0.1, 0.15) is 6.10 Å². The smallest absolute Gasteiger partial charge is 0.338 e. The second-order valence-corrected chi connectivity index (χ2v) is 8.10. The van der Waals surface area contributed by atoms with Crippen molar-refractivity contribution in [2.75, 3.05) is 25.5 Å². The number of amides is 2. The fourth-order valence-electron chi connectivity index (χ4n) is 4.61. The zero-order chi connectivity index (χ0) is 18.8. The van der Waals surface area contributed by atoms with Crippen molar-refractivity contribution in [1.29, 1.82) is 0 Å². The molecule has 2 aliphatic heterocycles. The number of esters is 1. The summed E-state index contributed by atoms with van der Waals surface area (Å²) in [4.78, 5) is 29.2. The molecule has 2 unspecified atom stereocenters. The summed E-state index contributed by atoms with van der Waals surface area (Å²) in [5.41, 5.74) is 1.24. The molecule has 4 rings (SSSR count). The van der Waals surface area contributed by atoms with E-state index in [-0.39, 0.29) is 18.1 Å². The van der Waals surface area contributed by atoms with Crippen LogP contribution in [0.2, 0.25) is 0 Å². The highest BCUT2D eigenvalue weighted by molar-refractivity contribution is 5.92. The van der Waals surface area contributed by atoms with Crippen LogP contribution in [0.5, 0.6) is 0 Å². The lowest BCUT2D eigenvalue weighted by atomic mass is 10.1. The van der Waals surface area contributed by atoms with Gasteiger partial charge in [-0.3, -0.25) is 4.90 Å². The highest BCUT2D eigenvalue weighted by atomic mass is 16.5. The third-order valence-electron chi connectivity index (χ3n) is 6.38. The molecule has 0 aromatic heterocycles. The van der Waals surface area contributed by atoms with Crippen LogP contribution in [-0.2, 0) is 4.74 Å². The third kappa shape index (κ3) is 4.10. The van der Waals surface area contributed by atoms with Gasteiger partial charge in [0.25, 0.3) is 0 Å². The van der Waals surface area contributed by atoms with Gasteiger partial charge >= 0.3 is 12.0 Å². The molecule has 1 aromatic rings. The Bertz CT molecular complexity index is 684. The predicted molar refractivity (Wildman–Crippen MR) is 104 cm³/mol. The first kappa shape index (κ1) is 18.3. The molecule has 3 fully saturated rings. The lowest BCUT2D eigenvalue weighted by Gasteiger charge is -2.26. The molecule has 1 N–H and O–H groups in total. The molecule has 27 heavy (non-hydrogen) atoms. The van der Waals surface area contributed by atoms with E-state index >= 15 is 0 Å². The van der Waals surface area contributed by atoms with Gasteiger partial charge in [-0.1, -0.05) is 0 Å². The van der Waals surface area contributed by atoms with Gasteiger partial charge < -0.3 is 15.0 Å². The van der Waals surface area contributed by atoms with E-state index in [0.717, 1.165) is 45.2 Å². The molecule has 2 bridgehead atoms. The summed E-state index contributed by atoms with van der Waals surface area (Å²) in [6.45, 7) is 1.58. The van der Waals surface area contributed by atoms with Gasteiger partial charge in [-0.2, -0.15) is 0 Å². The summed E-state index contributed by atoms with van der Waals surface area (Å²) in [5, 5.41) is 2.97. The number of urea groups is 1. The number of anilines is 1. The molecule has 2 amide bonds. The summed E-state index contributed by atoms with van der Waals surface area (Å²) in [6, 6.07) is 8.03. The van der Waals surface area contributed by atoms with Crippen LogP contribution >= 0.6 is 0 Å². The van der Waals surface area contributed by atoms with Gasteiger partial charge in [0.05, 0.1) is 5.56 Å². The Hall–Kier alpha value is -2.08. The number of hydrogen-bond acceptors (Lipinski definition) is 4. The van der Waals surface area contributed by atoms with Crippen LogP contribution in [-0.4, -0.2) is 60.1 Å². The maximum atomic E-state index is 12.7. The fourth-order valence-corrected chi connectivity index (χ4v) is 4.61. The minimum absolute atomic E-state index is 0.0581. The Balaban J connectivity index is 1.32. The number of carbonyl (C=O) groups excluding carboxylic acids is 2. The van der Waals surface area contributed by atoms with Gasteiger partial charge in [0.2, 0.25) is 0 Å². The van der Waals surface area contributed by atoms with Crippen molar-refractivity contribution < 1.29 is 14.3 Å². The van der Waals surface area contributed by atoms with Crippen molar-refractivity contribution in [1.82, 2.24) is 9.80 Å². The first-order valence-electron chi connectivity index (χ1n) is 10.2. The molecule has 1 aromatic carbocycles. The van der Waals surface area contributed by atoms with E-state index in [4.69, 9.17) is 4.74 Å². The summed E-state index contributed by atoms with van der Waals surface area (Å²) < 4.78 is 5.53. The number of likely N-dealkylation sites (N-methyl/N-ethyl adjacent to an activating group) is 1. The van der Waals surface area contributed by atoms with Gasteiger partial charge in [0, 0.05) is 30.9 Å². The van der Waals surface area contributed by atoms with Crippen LogP contribution in [0.4, 0.5) is 10.5 Å². The summed E-state index contributed by atoms with van der Waals surface area (Å²) in [7, 11) is 2.17. The average molecular weight is 371 g/mol. The highest BCUT2D eigenvalue weighted by Gasteiger charge is 2.36. The Morgan fingerprint density at radius 3 is 2.44 bits per heavy atom. The largest absolute Gasteiger partial charge is 0.459 e. The minimum atomic E-state index is -0.272. The lowest BCUT2D eigenvalue weighted by Crippen LogP contribution is -2.41. The van der Waals surface area contributed by atoms with E-state index in [9.17, 15) is 9.59 Å². The predicted octanol–water partition coefficient (Wildman–Crippen LogP) is 3.49. The minimum Gasteiger partial charge on any atom is -0.459 e. The van der Waals surface area contributed by atoms with Crippen LogP contribution in [0.1, 0.15) is 55.3 Å². The summed E-state index contributed by atoms with van der Waals surface area (Å²) in [6.07, 6.45) is 7.71. The number of hydrogen-bond donors (Lipinski definition) is 1. The van der Waals surface area contributed by atoms with Gasteiger partial charge in [-0.15, -0.1) is 0 Å². The Kier molecular flexibility index (Phi) is 5.34. The molecule has 2 atom stereocenters. The van der Waals surface area contributed by atoms with Crippen LogP contribution in [0, 0.1) is 0 Å². The Labute approximate surface area is 160 Å². The topological polar surface area (TPSA) is 61.9 Å². The Morgan fingerprint density at radius 1 is 1.00 bits per heavy atom. The van der Waals surface area contributed by atoms with Gasteiger partial charge in [-0.05, 0) is 76.3 Å². The van der Waals surface area contributed by atoms with Crippen molar-refractivity contribution >= 4 is 17.7 Å². The molecule has 6 nitrogen and oxygen atoms in total. The second-order valence-electron chi connectivity index (χ2n) is 8.10. The molecule has 0 radical (unpaired) electrons. The SMILES string of the molecule is CN1C2CCC1CN(C(=O)Nc1ccc(C(=O)OC3CCCC3)cc1)CC2. The summed E-state index contributed by atoms with van der Waals surface area (Å²) in [5.74, 6) is -0.272. The highest BCUT2D eigenvalue weighted by Crippen LogP contribution is 2.28. The number of likely N-dealkylation sites (tertiary alicyclic amines) is 1. The summed E-state index contributed by atoms with van der Waals surface area (Å²) >= 11 is 0. The maximum absolute atomic E-state index is 12.7. The quantitative estimate of drug-likeness (QED) is 0.826. The molecular weight excluding hydrogens is 342 g/mol. The van der Waals surface area contributed by atoms with E-state index in [0.29, 0.717) is 23.3 Å². The number of carbonyl (C=O) groups is 2. The standard InChI is InChI=1S/C21H29N3O3/c1-23-17-10-11-18(23)14-24(13-12-17)21(26)22-16-8-6-15(7-9-16)20(25)27-19-4-2-3-5-19/h6-9,17-19H,2-5,10-14H2,1H3,(H,22,26). The molecule has 1 saturated carbocycles. The molecule has 2 heterocycles. The van der Waals surface area contributed by atoms with Crippen LogP contribution in [0.3, 0.4) is 0 Å². The van der Waals surface area contributed by atoms with E-state index in [1.807, 2.05) is 4.90 Å². The van der Waals surface area contributed by atoms with Gasteiger partial charge in [0.15, 0.2) is 0 Å². The monoisotopic (exact) mass is 371 g/mol. The first-order valence-corrected chi connectivity index (χ1v) is 10.2. The average Bonchev–Trinajstić information content (AvgIpc) is 3.23. The molecular formula is C21H29N3O3. The third-order valence-corrected chi connectivity index (χ3v) is 6.38. The van der Waals surface area contributed by atoms with Crippen molar-refractivity contribution in [3.8, 4) is 0 Å². The lowest BCUT2D eigenvalue weighted by molar-refractivity contribution is 0.0318. The van der Waals surface area contributed by atoms with E-state index in [1.165, 1.54) is 12.8 Å². The van der Waals surface area contributed by atoms with E-state index < -0.39 is 0 Å². The molecule has 1 aliphatic carbocycles. The van der Waals surface area contributed by atoms with Crippen LogP contribution < -0.4 is 5.32 Å². The first-order chi connectivity index (χ1) is 13.1. The molecule has 3 aliphatic rings. The Morgan fingerprint density at radius 2 is 1.70 bits per heavy atom. The number of fused-ring (bicyclic) bond motifs is 2. The van der Waals surface area contributed by atoms with Crippen molar-refractivity contribution in [2.24, 2.45) is 0 Å².